The molecule has 1 unspecified atom stereocenters. The Bertz CT molecular complexity index is 1090. The molecule has 164 valence electrons. The molecule has 2 heterocycles. The summed E-state index contributed by atoms with van der Waals surface area (Å²) in [5.41, 5.74) is 3.32. The van der Waals surface area contributed by atoms with Gasteiger partial charge in [0.25, 0.3) is 0 Å². The van der Waals surface area contributed by atoms with Gasteiger partial charge in [0, 0.05) is 26.1 Å². The van der Waals surface area contributed by atoms with E-state index >= 15 is 0 Å². The molecule has 0 saturated heterocycles. The molecule has 1 atom stereocenters. The van der Waals surface area contributed by atoms with Crippen LogP contribution >= 0.6 is 24.0 Å². The first-order valence-electron chi connectivity index (χ1n) is 10.8. The molecular weight excluding hydrogens is 501 g/mol. The number of nitrogens with zero attached hydrogens (tertiary/aromatic N) is 3. The van der Waals surface area contributed by atoms with Gasteiger partial charge in [-0.05, 0) is 43.9 Å². The third-order valence-electron chi connectivity index (χ3n) is 6.54. The zero-order chi connectivity index (χ0) is 20.6. The van der Waals surface area contributed by atoms with Crippen LogP contribution in [0, 0.1) is 0 Å². The molecule has 5 rings (SSSR count). The predicted molar refractivity (Wildman–Crippen MR) is 135 cm³/mol. The van der Waals surface area contributed by atoms with Crippen LogP contribution in [0.2, 0.25) is 0 Å². The highest BCUT2D eigenvalue weighted by Gasteiger charge is 2.43. The van der Waals surface area contributed by atoms with E-state index in [1.54, 1.807) is 0 Å². The summed E-state index contributed by atoms with van der Waals surface area (Å²) in [7, 11) is 3.88. The minimum atomic E-state index is -0.0394. The molecule has 1 saturated carbocycles. The van der Waals surface area contributed by atoms with Crippen molar-refractivity contribution in [2.45, 2.75) is 50.3 Å². The highest BCUT2D eigenvalue weighted by Crippen LogP contribution is 2.46. The molecule has 0 radical (unpaired) electrons. The van der Waals surface area contributed by atoms with Gasteiger partial charge in [0.1, 0.15) is 17.2 Å². The molecule has 1 aromatic heterocycles. The first-order valence-corrected chi connectivity index (χ1v) is 10.8. The number of imidazole rings is 1. The summed E-state index contributed by atoms with van der Waals surface area (Å²) < 4.78 is 8.62. The van der Waals surface area contributed by atoms with Crippen molar-refractivity contribution in [1.29, 1.82) is 0 Å². The zero-order valence-corrected chi connectivity index (χ0v) is 20.4. The summed E-state index contributed by atoms with van der Waals surface area (Å²) >= 11 is 0. The minimum Gasteiger partial charge on any atom is -0.487 e. The van der Waals surface area contributed by atoms with Crippen LogP contribution in [0.5, 0.6) is 5.75 Å². The Balaban J connectivity index is 0.00000231. The number of aliphatic imine (C=N–C) groups is 1. The highest BCUT2D eigenvalue weighted by atomic mass is 127. The normalized spacial score (nSPS) is 19.5. The van der Waals surface area contributed by atoms with Crippen molar-refractivity contribution < 1.29 is 4.74 Å². The minimum absolute atomic E-state index is 0. The molecule has 1 aliphatic carbocycles. The van der Waals surface area contributed by atoms with Crippen LogP contribution < -0.4 is 15.4 Å². The molecule has 2 N–H and O–H groups in total. The average molecular weight is 531 g/mol. The number of guanidine groups is 1. The molecule has 1 spiro atoms. The van der Waals surface area contributed by atoms with E-state index in [2.05, 4.69) is 57.6 Å². The number of halogens is 1. The molecule has 0 amide bonds. The number of hydrogen-bond acceptors (Lipinski definition) is 3. The molecule has 31 heavy (non-hydrogen) atoms. The second-order valence-corrected chi connectivity index (χ2v) is 8.43. The van der Waals surface area contributed by atoms with Crippen molar-refractivity contribution in [1.82, 2.24) is 20.2 Å². The second kappa shape index (κ2) is 9.06. The van der Waals surface area contributed by atoms with Gasteiger partial charge >= 0.3 is 0 Å². The maximum Gasteiger partial charge on any atom is 0.191 e. The third-order valence-corrected chi connectivity index (χ3v) is 6.54. The number of para-hydroxylation sites is 3. The standard InChI is InChI=1S/C24H29N5O.HI/c1-25-23(26-16-22-27-18-10-4-5-11-20(18)29(22)2)28-19-15-24(13-7-8-14-24)30-21-12-6-3-9-17(19)21;/h3-6,9-12,19H,7-8,13-16H2,1-2H3,(H2,25,26,28);1H. The number of hydrogen-bond donors (Lipinski definition) is 2. The van der Waals surface area contributed by atoms with Gasteiger partial charge in [0.05, 0.1) is 23.6 Å². The molecule has 0 bridgehead atoms. The van der Waals surface area contributed by atoms with E-state index in [-0.39, 0.29) is 35.6 Å². The van der Waals surface area contributed by atoms with Crippen LogP contribution in [-0.2, 0) is 13.6 Å². The van der Waals surface area contributed by atoms with Gasteiger partial charge in [-0.3, -0.25) is 4.99 Å². The summed E-state index contributed by atoms with van der Waals surface area (Å²) in [6, 6.07) is 16.8. The van der Waals surface area contributed by atoms with Crippen molar-refractivity contribution in [3.8, 4) is 5.75 Å². The Kier molecular flexibility index (Phi) is 6.41. The van der Waals surface area contributed by atoms with Gasteiger partial charge in [-0.1, -0.05) is 30.3 Å². The molecule has 3 aromatic rings. The topological polar surface area (TPSA) is 63.5 Å². The number of aryl methyl sites for hydroxylation is 1. The molecule has 1 fully saturated rings. The molecule has 2 aliphatic rings. The lowest BCUT2D eigenvalue weighted by atomic mass is 9.86. The molecule has 7 heteroatoms. The fraction of sp³-hybridized carbons (Fsp3) is 0.417. The lowest BCUT2D eigenvalue weighted by molar-refractivity contribution is 0.0396. The van der Waals surface area contributed by atoms with Crippen LogP contribution in [-0.4, -0.2) is 28.2 Å². The van der Waals surface area contributed by atoms with E-state index < -0.39 is 0 Å². The van der Waals surface area contributed by atoms with Crippen LogP contribution in [0.3, 0.4) is 0 Å². The number of benzene rings is 2. The first kappa shape index (κ1) is 21.9. The van der Waals surface area contributed by atoms with E-state index in [1.807, 2.05) is 25.2 Å². The fourth-order valence-corrected chi connectivity index (χ4v) is 4.95. The molecule has 1 aliphatic heterocycles. The number of aromatic nitrogens is 2. The predicted octanol–water partition coefficient (Wildman–Crippen LogP) is 4.69. The number of rotatable bonds is 3. The van der Waals surface area contributed by atoms with E-state index in [1.165, 1.54) is 18.4 Å². The van der Waals surface area contributed by atoms with Crippen LogP contribution in [0.1, 0.15) is 49.5 Å². The Morgan fingerprint density at radius 3 is 2.68 bits per heavy atom. The number of fused-ring (bicyclic) bond motifs is 2. The van der Waals surface area contributed by atoms with Crippen molar-refractivity contribution in [2.24, 2.45) is 12.0 Å². The smallest absolute Gasteiger partial charge is 0.191 e. The Labute approximate surface area is 200 Å². The van der Waals surface area contributed by atoms with Gasteiger partial charge in [0.15, 0.2) is 5.96 Å². The lowest BCUT2D eigenvalue weighted by Gasteiger charge is -2.40. The Morgan fingerprint density at radius 2 is 1.90 bits per heavy atom. The number of ether oxygens (including phenoxy) is 1. The molecule has 6 nitrogen and oxygen atoms in total. The van der Waals surface area contributed by atoms with E-state index in [9.17, 15) is 0 Å². The van der Waals surface area contributed by atoms with E-state index in [4.69, 9.17) is 9.72 Å². The van der Waals surface area contributed by atoms with Crippen molar-refractivity contribution in [3.63, 3.8) is 0 Å². The second-order valence-electron chi connectivity index (χ2n) is 8.43. The molecular formula is C24H30IN5O. The van der Waals surface area contributed by atoms with Crippen molar-refractivity contribution in [3.05, 3.63) is 59.9 Å². The number of nitrogens with one attached hydrogen (secondary N) is 2. The van der Waals surface area contributed by atoms with E-state index in [0.717, 1.165) is 47.8 Å². The molecule has 2 aromatic carbocycles. The van der Waals surface area contributed by atoms with Crippen LogP contribution in [0.15, 0.2) is 53.5 Å². The van der Waals surface area contributed by atoms with Gasteiger partial charge in [0.2, 0.25) is 0 Å². The fourth-order valence-electron chi connectivity index (χ4n) is 4.95. The van der Waals surface area contributed by atoms with Gasteiger partial charge in [-0.2, -0.15) is 0 Å². The Morgan fingerprint density at radius 1 is 1.16 bits per heavy atom. The van der Waals surface area contributed by atoms with Crippen LogP contribution in [0.25, 0.3) is 11.0 Å². The van der Waals surface area contributed by atoms with Gasteiger partial charge in [-0.15, -0.1) is 24.0 Å². The summed E-state index contributed by atoms with van der Waals surface area (Å²) in [6.45, 7) is 0.612. The zero-order valence-electron chi connectivity index (χ0n) is 18.1. The summed E-state index contributed by atoms with van der Waals surface area (Å²) in [5.74, 6) is 2.78. The van der Waals surface area contributed by atoms with Crippen molar-refractivity contribution in [2.75, 3.05) is 7.05 Å². The monoisotopic (exact) mass is 531 g/mol. The van der Waals surface area contributed by atoms with Crippen molar-refractivity contribution >= 4 is 41.0 Å². The summed E-state index contributed by atoms with van der Waals surface area (Å²) in [4.78, 5) is 9.24. The quantitative estimate of drug-likeness (QED) is 0.293. The SMILES string of the molecule is CN=C(NCc1nc2ccccc2n1C)NC1CC2(CCCC2)Oc2ccccc21.I. The largest absolute Gasteiger partial charge is 0.487 e. The average Bonchev–Trinajstić information content (AvgIpc) is 3.35. The lowest BCUT2D eigenvalue weighted by Crippen LogP contribution is -2.46. The Hall–Kier alpha value is -2.29. The summed E-state index contributed by atoms with van der Waals surface area (Å²) in [6.07, 6.45) is 5.72. The summed E-state index contributed by atoms with van der Waals surface area (Å²) in [5, 5.41) is 7.12. The third kappa shape index (κ3) is 4.24. The van der Waals surface area contributed by atoms with Gasteiger partial charge < -0.3 is 19.9 Å². The van der Waals surface area contributed by atoms with E-state index in [0.29, 0.717) is 6.54 Å². The maximum atomic E-state index is 6.49. The van der Waals surface area contributed by atoms with Crippen LogP contribution in [0.4, 0.5) is 0 Å². The highest BCUT2D eigenvalue weighted by molar-refractivity contribution is 14.0. The first-order chi connectivity index (χ1) is 14.7. The van der Waals surface area contributed by atoms with Gasteiger partial charge in [-0.25, -0.2) is 4.98 Å². The maximum absolute atomic E-state index is 6.49.